The highest BCUT2D eigenvalue weighted by Gasteiger charge is 2.31. The maximum Gasteiger partial charge on any atom is 0.0249 e. The fourth-order valence-corrected chi connectivity index (χ4v) is 3.72. The van der Waals surface area contributed by atoms with Gasteiger partial charge in [0.25, 0.3) is 0 Å². The molecule has 0 amide bonds. The summed E-state index contributed by atoms with van der Waals surface area (Å²) in [7, 11) is 0. The molecule has 0 spiro atoms. The van der Waals surface area contributed by atoms with E-state index in [1.165, 1.54) is 64.6 Å². The van der Waals surface area contributed by atoms with E-state index < -0.39 is 0 Å². The summed E-state index contributed by atoms with van der Waals surface area (Å²) in [6, 6.07) is 1.63. The van der Waals surface area contributed by atoms with E-state index >= 15 is 0 Å². The van der Waals surface area contributed by atoms with Crippen LogP contribution in [0.25, 0.3) is 0 Å². The predicted molar refractivity (Wildman–Crippen MR) is 74.3 cm³/mol. The van der Waals surface area contributed by atoms with Crippen LogP contribution in [0.15, 0.2) is 0 Å². The maximum absolute atomic E-state index is 3.72. The average Bonchev–Trinajstić information content (AvgIpc) is 2.83. The SMILES string of the molecule is CCCC(C)CN1CCCCC1C1CCCN1. The van der Waals surface area contributed by atoms with Crippen LogP contribution < -0.4 is 5.32 Å². The summed E-state index contributed by atoms with van der Waals surface area (Å²) in [5, 5.41) is 3.72. The molecule has 2 aliphatic heterocycles. The first-order chi connectivity index (χ1) is 8.31. The molecule has 0 saturated carbocycles. The van der Waals surface area contributed by atoms with Gasteiger partial charge in [-0.3, -0.25) is 4.90 Å². The summed E-state index contributed by atoms with van der Waals surface area (Å²) in [4.78, 5) is 2.80. The third-order valence-corrected chi connectivity index (χ3v) is 4.55. The normalized spacial score (nSPS) is 32.8. The van der Waals surface area contributed by atoms with Crippen molar-refractivity contribution < 1.29 is 0 Å². The lowest BCUT2D eigenvalue weighted by Gasteiger charge is -2.40. The summed E-state index contributed by atoms with van der Waals surface area (Å²) < 4.78 is 0. The standard InChI is InChI=1S/C15H30N2/c1-3-7-13(2)12-17-11-5-4-9-15(17)14-8-6-10-16-14/h13-16H,3-12H2,1-2H3. The van der Waals surface area contributed by atoms with Gasteiger partial charge in [-0.25, -0.2) is 0 Å². The second kappa shape index (κ2) is 6.75. The predicted octanol–water partition coefficient (Wildman–Crippen LogP) is 3.03. The number of hydrogen-bond donors (Lipinski definition) is 1. The molecule has 17 heavy (non-hydrogen) atoms. The van der Waals surface area contributed by atoms with E-state index in [1.807, 2.05) is 0 Å². The molecule has 1 N–H and O–H groups in total. The highest BCUT2D eigenvalue weighted by Crippen LogP contribution is 2.25. The van der Waals surface area contributed by atoms with Crippen LogP contribution in [0, 0.1) is 5.92 Å². The molecular weight excluding hydrogens is 208 g/mol. The first-order valence-corrected chi connectivity index (χ1v) is 7.78. The van der Waals surface area contributed by atoms with Gasteiger partial charge in [0.05, 0.1) is 0 Å². The second-order valence-electron chi connectivity index (χ2n) is 6.15. The average molecular weight is 238 g/mol. The lowest BCUT2D eigenvalue weighted by atomic mass is 9.93. The molecule has 100 valence electrons. The Kier molecular flexibility index (Phi) is 5.30. The zero-order valence-corrected chi connectivity index (χ0v) is 11.8. The van der Waals surface area contributed by atoms with Gasteiger partial charge < -0.3 is 5.32 Å². The van der Waals surface area contributed by atoms with Gasteiger partial charge in [-0.15, -0.1) is 0 Å². The molecule has 0 radical (unpaired) electrons. The molecule has 0 aliphatic carbocycles. The highest BCUT2D eigenvalue weighted by molar-refractivity contribution is 4.90. The molecular formula is C15H30N2. The number of hydrogen-bond acceptors (Lipinski definition) is 2. The van der Waals surface area contributed by atoms with E-state index in [4.69, 9.17) is 0 Å². The summed E-state index contributed by atoms with van der Waals surface area (Å²) in [5.41, 5.74) is 0. The van der Waals surface area contributed by atoms with Gasteiger partial charge in [0, 0.05) is 18.6 Å². The van der Waals surface area contributed by atoms with Crippen LogP contribution >= 0.6 is 0 Å². The van der Waals surface area contributed by atoms with Crippen molar-refractivity contribution in [1.29, 1.82) is 0 Å². The molecule has 2 heteroatoms. The van der Waals surface area contributed by atoms with Crippen LogP contribution in [0.2, 0.25) is 0 Å². The van der Waals surface area contributed by atoms with Crippen molar-refractivity contribution in [3.8, 4) is 0 Å². The number of nitrogens with one attached hydrogen (secondary N) is 1. The molecule has 2 saturated heterocycles. The van der Waals surface area contributed by atoms with Crippen LogP contribution in [-0.2, 0) is 0 Å². The lowest BCUT2D eigenvalue weighted by Crippen LogP contribution is -2.51. The molecule has 0 aromatic heterocycles. The molecule has 2 aliphatic rings. The lowest BCUT2D eigenvalue weighted by molar-refractivity contribution is 0.102. The highest BCUT2D eigenvalue weighted by atomic mass is 15.2. The van der Waals surface area contributed by atoms with Gasteiger partial charge in [-0.1, -0.05) is 26.7 Å². The van der Waals surface area contributed by atoms with Gasteiger partial charge in [-0.2, -0.15) is 0 Å². The summed E-state index contributed by atoms with van der Waals surface area (Å²) in [5.74, 6) is 0.877. The van der Waals surface area contributed by atoms with Gasteiger partial charge in [0.1, 0.15) is 0 Å². The third kappa shape index (κ3) is 3.69. The number of piperidine rings is 1. The zero-order chi connectivity index (χ0) is 12.1. The first-order valence-electron chi connectivity index (χ1n) is 7.78. The van der Waals surface area contributed by atoms with Crippen molar-refractivity contribution >= 4 is 0 Å². The topological polar surface area (TPSA) is 15.3 Å². The molecule has 0 aromatic rings. The summed E-state index contributed by atoms with van der Waals surface area (Å²) in [6.45, 7) is 8.66. The fraction of sp³-hybridized carbons (Fsp3) is 1.00. The number of rotatable bonds is 5. The third-order valence-electron chi connectivity index (χ3n) is 4.55. The minimum Gasteiger partial charge on any atom is -0.312 e. The van der Waals surface area contributed by atoms with Gasteiger partial charge in [0.15, 0.2) is 0 Å². The first kappa shape index (κ1) is 13.4. The van der Waals surface area contributed by atoms with Crippen molar-refractivity contribution in [3.05, 3.63) is 0 Å². The molecule has 2 nitrogen and oxygen atoms in total. The van der Waals surface area contributed by atoms with Gasteiger partial charge in [0.2, 0.25) is 0 Å². The minimum absolute atomic E-state index is 0.795. The largest absolute Gasteiger partial charge is 0.312 e. The van der Waals surface area contributed by atoms with Crippen LogP contribution in [0.5, 0.6) is 0 Å². The van der Waals surface area contributed by atoms with E-state index in [9.17, 15) is 0 Å². The fourth-order valence-electron chi connectivity index (χ4n) is 3.72. The quantitative estimate of drug-likeness (QED) is 0.792. The Hall–Kier alpha value is -0.0800. The molecule has 2 heterocycles. The Morgan fingerprint density at radius 1 is 1.24 bits per heavy atom. The Morgan fingerprint density at radius 2 is 2.12 bits per heavy atom. The number of likely N-dealkylation sites (tertiary alicyclic amines) is 1. The van der Waals surface area contributed by atoms with Crippen molar-refractivity contribution in [2.75, 3.05) is 19.6 Å². The molecule has 2 fully saturated rings. The van der Waals surface area contributed by atoms with Crippen LogP contribution in [0.1, 0.15) is 58.8 Å². The van der Waals surface area contributed by atoms with Crippen molar-refractivity contribution in [2.45, 2.75) is 70.9 Å². The Labute approximate surface area is 107 Å². The van der Waals surface area contributed by atoms with Gasteiger partial charge in [-0.05, 0) is 51.1 Å². The van der Waals surface area contributed by atoms with E-state index in [2.05, 4.69) is 24.1 Å². The Bertz CT molecular complexity index is 211. The van der Waals surface area contributed by atoms with Crippen LogP contribution in [-0.4, -0.2) is 36.6 Å². The van der Waals surface area contributed by atoms with Crippen molar-refractivity contribution in [3.63, 3.8) is 0 Å². The Balaban J connectivity index is 1.87. The Morgan fingerprint density at radius 3 is 2.82 bits per heavy atom. The second-order valence-corrected chi connectivity index (χ2v) is 6.15. The van der Waals surface area contributed by atoms with Crippen molar-refractivity contribution in [2.24, 2.45) is 5.92 Å². The van der Waals surface area contributed by atoms with Crippen LogP contribution in [0.3, 0.4) is 0 Å². The van der Waals surface area contributed by atoms with E-state index in [1.54, 1.807) is 0 Å². The maximum atomic E-state index is 3.72. The smallest absolute Gasteiger partial charge is 0.0249 e. The molecule has 0 aromatic carbocycles. The van der Waals surface area contributed by atoms with Gasteiger partial charge >= 0.3 is 0 Å². The van der Waals surface area contributed by atoms with E-state index in [-0.39, 0.29) is 0 Å². The van der Waals surface area contributed by atoms with Crippen LogP contribution in [0.4, 0.5) is 0 Å². The van der Waals surface area contributed by atoms with Crippen molar-refractivity contribution in [1.82, 2.24) is 10.2 Å². The monoisotopic (exact) mass is 238 g/mol. The molecule has 0 bridgehead atoms. The molecule has 2 rings (SSSR count). The minimum atomic E-state index is 0.795. The van der Waals surface area contributed by atoms with E-state index in [0.29, 0.717) is 0 Å². The zero-order valence-electron chi connectivity index (χ0n) is 11.8. The molecule has 3 atom stereocenters. The molecule has 3 unspecified atom stereocenters. The number of nitrogens with zero attached hydrogens (tertiary/aromatic N) is 1. The summed E-state index contributed by atoms with van der Waals surface area (Å²) in [6.07, 6.45) is 9.81. The van der Waals surface area contributed by atoms with E-state index in [0.717, 1.165) is 18.0 Å². The summed E-state index contributed by atoms with van der Waals surface area (Å²) >= 11 is 0.